The van der Waals surface area contributed by atoms with Gasteiger partial charge in [-0.15, -0.1) is 0 Å². The van der Waals surface area contributed by atoms with Crippen LogP contribution in [-0.4, -0.2) is 43.2 Å². The topological polar surface area (TPSA) is 44.4 Å². The molecule has 1 saturated heterocycles. The number of urea groups is 1. The number of carbonyl (C=O) groups is 1. The molecule has 0 aromatic heterocycles. The number of piperidine rings is 1. The lowest BCUT2D eigenvalue weighted by Gasteiger charge is -2.32. The number of carbonyl (C=O) groups excluding carboxylic acids is 1. The third-order valence-electron chi connectivity index (χ3n) is 2.92. The third kappa shape index (κ3) is 4.39. The second-order valence-corrected chi connectivity index (χ2v) is 4.90. The fourth-order valence-corrected chi connectivity index (χ4v) is 1.95. The zero-order valence-electron chi connectivity index (χ0n) is 10.8. The first-order valence-corrected chi connectivity index (χ1v) is 6.39. The van der Waals surface area contributed by atoms with E-state index in [9.17, 15) is 4.79 Å². The molecule has 94 valence electrons. The predicted molar refractivity (Wildman–Crippen MR) is 66.5 cm³/mol. The van der Waals surface area contributed by atoms with E-state index in [1.807, 2.05) is 11.8 Å². The van der Waals surface area contributed by atoms with Gasteiger partial charge >= 0.3 is 6.03 Å². The maximum atomic E-state index is 11.6. The van der Waals surface area contributed by atoms with Crippen molar-refractivity contribution in [2.45, 2.75) is 39.7 Å². The van der Waals surface area contributed by atoms with Gasteiger partial charge in [0.2, 0.25) is 0 Å². The summed E-state index contributed by atoms with van der Waals surface area (Å²) in [6.45, 7) is 9.93. The van der Waals surface area contributed by atoms with E-state index in [1.54, 1.807) is 0 Å². The highest BCUT2D eigenvalue weighted by atomic mass is 16.2. The lowest BCUT2D eigenvalue weighted by molar-refractivity contribution is 0.176. The van der Waals surface area contributed by atoms with E-state index in [0.717, 1.165) is 32.5 Å². The van der Waals surface area contributed by atoms with Gasteiger partial charge in [-0.25, -0.2) is 4.79 Å². The average molecular weight is 227 g/mol. The van der Waals surface area contributed by atoms with Gasteiger partial charge in [-0.05, 0) is 32.2 Å². The normalized spacial score (nSPS) is 17.9. The van der Waals surface area contributed by atoms with E-state index in [1.165, 1.54) is 0 Å². The smallest absolute Gasteiger partial charge is 0.317 e. The van der Waals surface area contributed by atoms with E-state index in [2.05, 4.69) is 24.5 Å². The average Bonchev–Trinajstić information content (AvgIpc) is 2.27. The first-order valence-electron chi connectivity index (χ1n) is 6.39. The Labute approximate surface area is 98.8 Å². The summed E-state index contributed by atoms with van der Waals surface area (Å²) in [5.74, 6) is 0.696. The fourth-order valence-electron chi connectivity index (χ4n) is 1.95. The molecule has 0 spiro atoms. The Balaban J connectivity index is 2.20. The Morgan fingerprint density at radius 2 is 2.00 bits per heavy atom. The van der Waals surface area contributed by atoms with Crippen LogP contribution in [0.4, 0.5) is 4.79 Å². The number of rotatable bonds is 4. The van der Waals surface area contributed by atoms with Crippen LogP contribution in [0.1, 0.15) is 33.6 Å². The quantitative estimate of drug-likeness (QED) is 0.763. The van der Waals surface area contributed by atoms with Gasteiger partial charge in [-0.1, -0.05) is 13.8 Å². The van der Waals surface area contributed by atoms with E-state index < -0.39 is 0 Å². The van der Waals surface area contributed by atoms with Crippen LogP contribution in [0.2, 0.25) is 0 Å². The van der Waals surface area contributed by atoms with Crippen LogP contribution in [-0.2, 0) is 0 Å². The molecule has 0 unspecified atom stereocenters. The molecule has 2 N–H and O–H groups in total. The summed E-state index contributed by atoms with van der Waals surface area (Å²) in [6.07, 6.45) is 2.15. The summed E-state index contributed by atoms with van der Waals surface area (Å²) >= 11 is 0. The molecular formula is C12H25N3O. The van der Waals surface area contributed by atoms with Crippen molar-refractivity contribution in [1.82, 2.24) is 15.5 Å². The van der Waals surface area contributed by atoms with Crippen LogP contribution in [0, 0.1) is 5.92 Å². The minimum absolute atomic E-state index is 0.0878. The second kappa shape index (κ2) is 6.74. The van der Waals surface area contributed by atoms with Crippen LogP contribution in [0.3, 0.4) is 0 Å². The van der Waals surface area contributed by atoms with Crippen molar-refractivity contribution in [3.05, 3.63) is 0 Å². The van der Waals surface area contributed by atoms with Crippen LogP contribution in [0.15, 0.2) is 0 Å². The summed E-state index contributed by atoms with van der Waals surface area (Å²) in [6, 6.07) is 0.679. The van der Waals surface area contributed by atoms with Crippen LogP contribution < -0.4 is 10.6 Å². The van der Waals surface area contributed by atoms with Gasteiger partial charge in [0.25, 0.3) is 0 Å². The van der Waals surface area contributed by atoms with Gasteiger partial charge in [0.15, 0.2) is 0 Å². The second-order valence-electron chi connectivity index (χ2n) is 4.90. The van der Waals surface area contributed by atoms with Crippen molar-refractivity contribution in [2.75, 3.05) is 26.2 Å². The van der Waals surface area contributed by atoms with E-state index in [0.29, 0.717) is 18.5 Å². The number of amides is 2. The zero-order valence-corrected chi connectivity index (χ0v) is 10.8. The maximum Gasteiger partial charge on any atom is 0.317 e. The minimum atomic E-state index is 0.0878. The highest BCUT2D eigenvalue weighted by molar-refractivity contribution is 5.74. The minimum Gasteiger partial charge on any atom is -0.338 e. The molecule has 0 radical (unpaired) electrons. The summed E-state index contributed by atoms with van der Waals surface area (Å²) in [7, 11) is 0. The Bertz CT molecular complexity index is 210. The van der Waals surface area contributed by atoms with Crippen molar-refractivity contribution in [1.29, 1.82) is 0 Å². The molecule has 0 saturated carbocycles. The van der Waals surface area contributed by atoms with Gasteiger partial charge in [-0.2, -0.15) is 0 Å². The molecule has 0 aliphatic carbocycles. The molecule has 0 aromatic carbocycles. The first kappa shape index (κ1) is 13.3. The highest BCUT2D eigenvalue weighted by Crippen LogP contribution is 2.10. The van der Waals surface area contributed by atoms with Gasteiger partial charge in [-0.3, -0.25) is 0 Å². The van der Waals surface area contributed by atoms with Gasteiger partial charge in [0.05, 0.1) is 0 Å². The van der Waals surface area contributed by atoms with Crippen molar-refractivity contribution in [2.24, 2.45) is 5.92 Å². The molecule has 0 atom stereocenters. The number of likely N-dealkylation sites (tertiary alicyclic amines) is 1. The van der Waals surface area contributed by atoms with Crippen molar-refractivity contribution < 1.29 is 4.79 Å². The monoisotopic (exact) mass is 227 g/mol. The molecule has 1 aliphatic rings. The van der Waals surface area contributed by atoms with Crippen LogP contribution in [0.5, 0.6) is 0 Å². The molecule has 1 heterocycles. The number of nitrogens with zero attached hydrogens (tertiary/aromatic N) is 1. The number of hydrogen-bond acceptors (Lipinski definition) is 2. The van der Waals surface area contributed by atoms with E-state index in [-0.39, 0.29) is 6.03 Å². The van der Waals surface area contributed by atoms with E-state index >= 15 is 0 Å². The van der Waals surface area contributed by atoms with Crippen LogP contribution in [0.25, 0.3) is 0 Å². The van der Waals surface area contributed by atoms with Gasteiger partial charge in [0.1, 0.15) is 0 Å². The molecule has 1 rings (SSSR count). The predicted octanol–water partition coefficient (Wildman–Crippen LogP) is 1.43. The Kier molecular flexibility index (Phi) is 5.60. The number of hydrogen-bond donors (Lipinski definition) is 2. The molecule has 1 aliphatic heterocycles. The fraction of sp³-hybridized carbons (Fsp3) is 0.917. The molecule has 0 bridgehead atoms. The lowest BCUT2D eigenvalue weighted by Crippen LogP contribution is -2.48. The molecule has 4 nitrogen and oxygen atoms in total. The SMILES string of the molecule is CCNC(=O)N1CCC(NCC(C)C)CC1. The molecule has 4 heteroatoms. The summed E-state index contributed by atoms with van der Waals surface area (Å²) in [4.78, 5) is 13.5. The summed E-state index contributed by atoms with van der Waals surface area (Å²) in [5.41, 5.74) is 0. The standard InChI is InChI=1S/C12H25N3O/c1-4-13-12(16)15-7-5-11(6-8-15)14-9-10(2)3/h10-11,14H,4-9H2,1-3H3,(H,13,16). The van der Waals surface area contributed by atoms with Gasteiger partial charge in [0, 0.05) is 25.7 Å². The molecule has 1 fully saturated rings. The van der Waals surface area contributed by atoms with Crippen molar-refractivity contribution in [3.8, 4) is 0 Å². The lowest BCUT2D eigenvalue weighted by atomic mass is 10.0. The Morgan fingerprint density at radius 1 is 1.38 bits per heavy atom. The Morgan fingerprint density at radius 3 is 2.50 bits per heavy atom. The molecular weight excluding hydrogens is 202 g/mol. The summed E-state index contributed by atoms with van der Waals surface area (Å²) in [5, 5.41) is 6.40. The zero-order chi connectivity index (χ0) is 12.0. The van der Waals surface area contributed by atoms with Crippen molar-refractivity contribution >= 4 is 6.03 Å². The first-order chi connectivity index (χ1) is 7.63. The van der Waals surface area contributed by atoms with Crippen molar-refractivity contribution in [3.63, 3.8) is 0 Å². The molecule has 2 amide bonds. The molecule has 0 aromatic rings. The largest absolute Gasteiger partial charge is 0.338 e. The van der Waals surface area contributed by atoms with Crippen LogP contribution >= 0.6 is 0 Å². The highest BCUT2D eigenvalue weighted by Gasteiger charge is 2.21. The molecule has 16 heavy (non-hydrogen) atoms. The maximum absolute atomic E-state index is 11.6. The summed E-state index contributed by atoms with van der Waals surface area (Å²) < 4.78 is 0. The Hall–Kier alpha value is -0.770. The van der Waals surface area contributed by atoms with Gasteiger partial charge < -0.3 is 15.5 Å². The number of nitrogens with one attached hydrogen (secondary N) is 2. The van der Waals surface area contributed by atoms with E-state index in [4.69, 9.17) is 0 Å². The third-order valence-corrected chi connectivity index (χ3v) is 2.92.